The minimum atomic E-state index is 0.607. The second kappa shape index (κ2) is 8.68. The zero-order valence-corrected chi connectivity index (χ0v) is 13.1. The van der Waals surface area contributed by atoms with Gasteiger partial charge in [-0.05, 0) is 38.6 Å². The fraction of sp³-hybridized carbons (Fsp3) is 0.733. The molecule has 1 aromatic heterocycles. The molecular weight excluding hydrogens is 240 g/mol. The molecular formula is C15H28N2S. The summed E-state index contributed by atoms with van der Waals surface area (Å²) in [5.74, 6) is 0. The van der Waals surface area contributed by atoms with Gasteiger partial charge in [0, 0.05) is 36.6 Å². The molecule has 0 aromatic carbocycles. The highest BCUT2D eigenvalue weighted by molar-refractivity contribution is 7.09. The van der Waals surface area contributed by atoms with E-state index >= 15 is 0 Å². The van der Waals surface area contributed by atoms with Gasteiger partial charge in [-0.1, -0.05) is 19.4 Å². The third kappa shape index (κ3) is 5.98. The highest BCUT2D eigenvalue weighted by atomic mass is 32.1. The molecule has 1 rings (SSSR count). The van der Waals surface area contributed by atoms with E-state index in [-0.39, 0.29) is 0 Å². The second-order valence-corrected chi connectivity index (χ2v) is 6.32. The lowest BCUT2D eigenvalue weighted by atomic mass is 10.2. The van der Waals surface area contributed by atoms with Crippen molar-refractivity contribution in [1.82, 2.24) is 10.2 Å². The van der Waals surface area contributed by atoms with Gasteiger partial charge in [-0.3, -0.25) is 4.90 Å². The summed E-state index contributed by atoms with van der Waals surface area (Å²) >= 11 is 1.85. The van der Waals surface area contributed by atoms with Gasteiger partial charge >= 0.3 is 0 Å². The number of hydrogen-bond donors (Lipinski definition) is 1. The first-order valence-corrected chi connectivity index (χ1v) is 8.01. The van der Waals surface area contributed by atoms with Gasteiger partial charge in [-0.25, -0.2) is 0 Å². The maximum Gasteiger partial charge on any atom is 0.0331 e. The van der Waals surface area contributed by atoms with Gasteiger partial charge in [0.25, 0.3) is 0 Å². The Labute approximate surface area is 116 Å². The van der Waals surface area contributed by atoms with Gasteiger partial charge in [0.2, 0.25) is 0 Å². The summed E-state index contributed by atoms with van der Waals surface area (Å²) in [5, 5.41) is 5.77. The number of thiophene rings is 1. The van der Waals surface area contributed by atoms with Gasteiger partial charge < -0.3 is 5.32 Å². The van der Waals surface area contributed by atoms with Crippen molar-refractivity contribution < 1.29 is 0 Å². The molecule has 1 unspecified atom stereocenters. The molecule has 1 heterocycles. The summed E-state index contributed by atoms with van der Waals surface area (Å²) in [5.41, 5.74) is 0. The van der Waals surface area contributed by atoms with E-state index < -0.39 is 0 Å². The molecule has 0 bridgehead atoms. The van der Waals surface area contributed by atoms with Crippen LogP contribution < -0.4 is 5.32 Å². The van der Waals surface area contributed by atoms with E-state index in [0.717, 1.165) is 19.6 Å². The Morgan fingerprint density at radius 1 is 1.33 bits per heavy atom. The van der Waals surface area contributed by atoms with E-state index in [2.05, 4.69) is 55.4 Å². The number of nitrogens with zero attached hydrogens (tertiary/aromatic N) is 1. The Kier molecular flexibility index (Phi) is 7.56. The number of hydrogen-bond acceptors (Lipinski definition) is 3. The average molecular weight is 268 g/mol. The standard InChI is InChI=1S/C15H28N2S/c1-5-7-14(4)16-9-10-17(13(2)3)12-15-8-6-11-18-15/h6,8,11,13-14,16H,5,7,9-10,12H2,1-4H3. The van der Waals surface area contributed by atoms with Crippen molar-refractivity contribution in [3.8, 4) is 0 Å². The van der Waals surface area contributed by atoms with Crippen molar-refractivity contribution in [3.05, 3.63) is 22.4 Å². The molecule has 0 saturated carbocycles. The fourth-order valence-electron chi connectivity index (χ4n) is 2.11. The molecule has 0 fully saturated rings. The molecule has 0 amide bonds. The quantitative estimate of drug-likeness (QED) is 0.734. The summed E-state index contributed by atoms with van der Waals surface area (Å²) < 4.78 is 0. The van der Waals surface area contributed by atoms with Crippen LogP contribution in [0.1, 0.15) is 45.4 Å². The van der Waals surface area contributed by atoms with E-state index in [1.165, 1.54) is 17.7 Å². The summed E-state index contributed by atoms with van der Waals surface area (Å²) in [7, 11) is 0. The fourth-order valence-corrected chi connectivity index (χ4v) is 2.84. The SMILES string of the molecule is CCCC(C)NCCN(Cc1cccs1)C(C)C. The van der Waals surface area contributed by atoms with E-state index in [1.54, 1.807) is 0 Å². The normalized spacial score (nSPS) is 13.4. The van der Waals surface area contributed by atoms with Crippen LogP contribution in [0.2, 0.25) is 0 Å². The molecule has 0 radical (unpaired) electrons. The van der Waals surface area contributed by atoms with Crippen molar-refractivity contribution in [2.75, 3.05) is 13.1 Å². The maximum atomic E-state index is 3.61. The van der Waals surface area contributed by atoms with Crippen LogP contribution in [0.4, 0.5) is 0 Å². The molecule has 1 N–H and O–H groups in total. The number of rotatable bonds is 9. The van der Waals surface area contributed by atoms with Gasteiger partial charge in [0.15, 0.2) is 0 Å². The second-order valence-electron chi connectivity index (χ2n) is 5.29. The van der Waals surface area contributed by atoms with Gasteiger partial charge in [-0.2, -0.15) is 0 Å². The van der Waals surface area contributed by atoms with Gasteiger partial charge in [0.1, 0.15) is 0 Å². The summed E-state index contributed by atoms with van der Waals surface area (Å²) in [6, 6.07) is 5.62. The zero-order chi connectivity index (χ0) is 13.4. The zero-order valence-electron chi connectivity index (χ0n) is 12.3. The molecule has 2 nitrogen and oxygen atoms in total. The predicted octanol–water partition coefficient (Wildman–Crippen LogP) is 3.74. The highest BCUT2D eigenvalue weighted by Gasteiger charge is 2.10. The van der Waals surface area contributed by atoms with Crippen LogP contribution in [0.3, 0.4) is 0 Å². The maximum absolute atomic E-state index is 3.61. The van der Waals surface area contributed by atoms with E-state index in [4.69, 9.17) is 0 Å². The molecule has 0 aliphatic carbocycles. The van der Waals surface area contributed by atoms with Crippen LogP contribution in [0.15, 0.2) is 17.5 Å². The topological polar surface area (TPSA) is 15.3 Å². The van der Waals surface area contributed by atoms with Crippen LogP contribution in [0.5, 0.6) is 0 Å². The Balaban J connectivity index is 2.30. The lowest BCUT2D eigenvalue weighted by molar-refractivity contribution is 0.212. The van der Waals surface area contributed by atoms with Crippen LogP contribution >= 0.6 is 11.3 Å². The third-order valence-corrected chi connectivity index (χ3v) is 4.14. The molecule has 1 atom stereocenters. The van der Waals surface area contributed by atoms with Crippen molar-refractivity contribution >= 4 is 11.3 Å². The van der Waals surface area contributed by atoms with Gasteiger partial charge in [-0.15, -0.1) is 11.3 Å². The predicted molar refractivity (Wildman–Crippen MR) is 82.2 cm³/mol. The molecule has 0 saturated heterocycles. The minimum Gasteiger partial charge on any atom is -0.313 e. The Morgan fingerprint density at radius 3 is 2.67 bits per heavy atom. The molecule has 3 heteroatoms. The monoisotopic (exact) mass is 268 g/mol. The number of nitrogens with one attached hydrogen (secondary N) is 1. The lowest BCUT2D eigenvalue weighted by Crippen LogP contribution is -2.38. The first-order valence-electron chi connectivity index (χ1n) is 7.13. The van der Waals surface area contributed by atoms with E-state index in [9.17, 15) is 0 Å². The van der Waals surface area contributed by atoms with Crippen LogP contribution in [0, 0.1) is 0 Å². The Hall–Kier alpha value is -0.380. The van der Waals surface area contributed by atoms with Gasteiger partial charge in [0.05, 0.1) is 0 Å². The van der Waals surface area contributed by atoms with Crippen molar-refractivity contribution in [2.24, 2.45) is 0 Å². The molecule has 0 spiro atoms. The highest BCUT2D eigenvalue weighted by Crippen LogP contribution is 2.13. The van der Waals surface area contributed by atoms with Crippen LogP contribution in [0.25, 0.3) is 0 Å². The van der Waals surface area contributed by atoms with Crippen molar-refractivity contribution in [1.29, 1.82) is 0 Å². The Morgan fingerprint density at radius 2 is 2.11 bits per heavy atom. The summed E-state index contributed by atoms with van der Waals surface area (Å²) in [4.78, 5) is 4.00. The molecule has 0 aliphatic rings. The minimum absolute atomic E-state index is 0.607. The van der Waals surface area contributed by atoms with Crippen molar-refractivity contribution in [2.45, 2.75) is 59.2 Å². The first kappa shape index (κ1) is 15.7. The van der Waals surface area contributed by atoms with Crippen LogP contribution in [-0.4, -0.2) is 30.1 Å². The van der Waals surface area contributed by atoms with Crippen LogP contribution in [-0.2, 0) is 6.54 Å². The molecule has 0 aliphatic heterocycles. The summed E-state index contributed by atoms with van der Waals surface area (Å²) in [6.07, 6.45) is 2.53. The molecule has 1 aromatic rings. The lowest BCUT2D eigenvalue weighted by Gasteiger charge is -2.26. The first-order chi connectivity index (χ1) is 8.63. The Bertz CT molecular complexity index is 295. The van der Waals surface area contributed by atoms with E-state index in [0.29, 0.717) is 12.1 Å². The molecule has 18 heavy (non-hydrogen) atoms. The van der Waals surface area contributed by atoms with Crippen molar-refractivity contribution in [3.63, 3.8) is 0 Å². The largest absolute Gasteiger partial charge is 0.313 e. The third-order valence-electron chi connectivity index (χ3n) is 3.28. The average Bonchev–Trinajstić information content (AvgIpc) is 2.80. The van der Waals surface area contributed by atoms with E-state index in [1.807, 2.05) is 11.3 Å². The molecule has 104 valence electrons. The summed E-state index contributed by atoms with van der Waals surface area (Å²) in [6.45, 7) is 12.4. The smallest absolute Gasteiger partial charge is 0.0331 e.